The van der Waals surface area contributed by atoms with Gasteiger partial charge < -0.3 is 9.26 Å². The molecule has 0 radical (unpaired) electrons. The molecule has 0 saturated carbocycles. The molecule has 5 nitrogen and oxygen atoms in total. The summed E-state index contributed by atoms with van der Waals surface area (Å²) < 4.78 is 9.93. The molecule has 0 amide bonds. The van der Waals surface area contributed by atoms with Gasteiger partial charge in [0.2, 0.25) is 0 Å². The van der Waals surface area contributed by atoms with Crippen LogP contribution in [0, 0.1) is 6.92 Å². The minimum Gasteiger partial charge on any atom is -0.465 e. The fraction of sp³-hybridized carbons (Fsp3) is 0.133. The van der Waals surface area contributed by atoms with Crippen LogP contribution in [-0.4, -0.2) is 23.2 Å². The number of hydrogen-bond donors (Lipinski definition) is 0. The van der Waals surface area contributed by atoms with Gasteiger partial charge in [-0.15, -0.1) is 0 Å². The van der Waals surface area contributed by atoms with Crippen LogP contribution in [0.2, 0.25) is 0 Å². The highest BCUT2D eigenvalue weighted by atomic mass is 16.5. The molecule has 0 saturated heterocycles. The molecule has 3 rings (SSSR count). The van der Waals surface area contributed by atoms with E-state index in [9.17, 15) is 4.79 Å². The number of aryl methyl sites for hydroxylation is 1. The van der Waals surface area contributed by atoms with Gasteiger partial charge in [0.15, 0.2) is 0 Å². The number of hydrogen-bond acceptors (Lipinski definition) is 5. The summed E-state index contributed by atoms with van der Waals surface area (Å²) in [7, 11) is 1.33. The van der Waals surface area contributed by atoms with Gasteiger partial charge in [0.25, 0.3) is 0 Å². The Morgan fingerprint density at radius 1 is 1.25 bits per heavy atom. The molecule has 2 heterocycles. The molecule has 1 aromatic carbocycles. The molecular formula is C15H12N2O3. The fourth-order valence-corrected chi connectivity index (χ4v) is 2.19. The van der Waals surface area contributed by atoms with E-state index < -0.39 is 5.97 Å². The number of para-hydroxylation sites is 1. The number of methoxy groups -OCH3 is 1. The summed E-state index contributed by atoms with van der Waals surface area (Å²) in [6.07, 6.45) is 1.70. The van der Waals surface area contributed by atoms with E-state index in [1.807, 2.05) is 30.3 Å². The average Bonchev–Trinajstić information content (AvgIpc) is 2.87. The van der Waals surface area contributed by atoms with Crippen LogP contribution in [-0.2, 0) is 4.74 Å². The molecule has 2 aromatic heterocycles. The second-order valence-electron chi connectivity index (χ2n) is 4.33. The molecule has 0 fully saturated rings. The topological polar surface area (TPSA) is 65.2 Å². The molecular weight excluding hydrogens is 256 g/mol. The minimum atomic E-state index is -0.466. The van der Waals surface area contributed by atoms with Crippen molar-refractivity contribution in [1.82, 2.24) is 10.1 Å². The number of fused-ring (bicyclic) bond motifs is 1. The van der Waals surface area contributed by atoms with Gasteiger partial charge in [-0.25, -0.2) is 4.79 Å². The third-order valence-corrected chi connectivity index (χ3v) is 3.14. The number of benzene rings is 1. The highest BCUT2D eigenvalue weighted by molar-refractivity contribution is 6.02. The van der Waals surface area contributed by atoms with Gasteiger partial charge in [-0.05, 0) is 13.0 Å². The summed E-state index contributed by atoms with van der Waals surface area (Å²) in [6.45, 7) is 1.68. The Balaban J connectivity index is 2.29. The average molecular weight is 268 g/mol. The molecule has 0 unspecified atom stereocenters. The molecule has 0 aliphatic rings. The van der Waals surface area contributed by atoms with Gasteiger partial charge in [-0.3, -0.25) is 4.98 Å². The first-order chi connectivity index (χ1) is 9.72. The van der Waals surface area contributed by atoms with Crippen molar-refractivity contribution in [3.8, 4) is 11.3 Å². The zero-order chi connectivity index (χ0) is 14.1. The van der Waals surface area contributed by atoms with Crippen LogP contribution in [0.15, 0.2) is 41.1 Å². The maximum atomic E-state index is 11.9. The Bertz CT molecular complexity index is 787. The third kappa shape index (κ3) is 1.84. The molecule has 20 heavy (non-hydrogen) atoms. The number of nitrogens with zero attached hydrogens (tertiary/aromatic N) is 2. The summed E-state index contributed by atoms with van der Waals surface area (Å²) in [5.41, 5.74) is 2.32. The van der Waals surface area contributed by atoms with Crippen molar-refractivity contribution in [2.75, 3.05) is 7.11 Å². The number of rotatable bonds is 2. The van der Waals surface area contributed by atoms with Gasteiger partial charge >= 0.3 is 5.97 Å². The van der Waals surface area contributed by atoms with E-state index >= 15 is 0 Å². The Morgan fingerprint density at radius 2 is 2.05 bits per heavy atom. The number of pyridine rings is 1. The molecule has 0 N–H and O–H groups in total. The molecule has 5 heteroatoms. The van der Waals surface area contributed by atoms with E-state index in [0.717, 1.165) is 16.5 Å². The Kier molecular flexibility index (Phi) is 2.95. The van der Waals surface area contributed by atoms with Crippen LogP contribution in [0.1, 0.15) is 16.1 Å². The Hall–Kier alpha value is -2.69. The number of ether oxygens (including phenoxy) is 1. The quantitative estimate of drug-likeness (QED) is 0.668. The lowest BCUT2D eigenvalue weighted by atomic mass is 10.0. The normalized spacial score (nSPS) is 10.7. The summed E-state index contributed by atoms with van der Waals surface area (Å²) in [5.74, 6) is -0.0357. The largest absolute Gasteiger partial charge is 0.465 e. The lowest BCUT2D eigenvalue weighted by molar-refractivity contribution is 0.0599. The zero-order valence-corrected chi connectivity index (χ0v) is 11.1. The van der Waals surface area contributed by atoms with Crippen LogP contribution in [0.5, 0.6) is 0 Å². The van der Waals surface area contributed by atoms with Crippen LogP contribution in [0.25, 0.3) is 22.2 Å². The van der Waals surface area contributed by atoms with Crippen LogP contribution >= 0.6 is 0 Å². The van der Waals surface area contributed by atoms with Crippen molar-refractivity contribution in [3.05, 3.63) is 47.9 Å². The Morgan fingerprint density at radius 3 is 2.85 bits per heavy atom. The molecule has 0 aliphatic heterocycles. The Labute approximate surface area is 115 Å². The van der Waals surface area contributed by atoms with E-state index in [0.29, 0.717) is 17.0 Å². The predicted octanol–water partition coefficient (Wildman–Crippen LogP) is 2.98. The zero-order valence-electron chi connectivity index (χ0n) is 11.1. The van der Waals surface area contributed by atoms with Crippen molar-refractivity contribution >= 4 is 16.9 Å². The monoisotopic (exact) mass is 268 g/mol. The van der Waals surface area contributed by atoms with Gasteiger partial charge in [0.1, 0.15) is 17.0 Å². The highest BCUT2D eigenvalue weighted by Crippen LogP contribution is 2.30. The second-order valence-corrected chi connectivity index (χ2v) is 4.33. The van der Waals surface area contributed by atoms with Crippen molar-refractivity contribution in [2.24, 2.45) is 0 Å². The maximum absolute atomic E-state index is 11.9. The van der Waals surface area contributed by atoms with E-state index in [1.54, 1.807) is 13.1 Å². The molecule has 0 spiro atoms. The lowest BCUT2D eigenvalue weighted by Gasteiger charge is -2.04. The fourth-order valence-electron chi connectivity index (χ4n) is 2.19. The highest BCUT2D eigenvalue weighted by Gasteiger charge is 2.23. The predicted molar refractivity (Wildman–Crippen MR) is 73.3 cm³/mol. The number of esters is 1. The van der Waals surface area contributed by atoms with Gasteiger partial charge in [-0.1, -0.05) is 29.4 Å². The first kappa shape index (κ1) is 12.3. The number of carbonyl (C=O) groups excluding carboxylic acids is 1. The molecule has 3 aromatic rings. The maximum Gasteiger partial charge on any atom is 0.343 e. The molecule has 100 valence electrons. The molecule has 0 aliphatic carbocycles. The first-order valence-electron chi connectivity index (χ1n) is 6.11. The SMILES string of the molecule is COC(=O)c1c(-c2cccc3cccnc23)noc1C. The summed E-state index contributed by atoms with van der Waals surface area (Å²) >= 11 is 0. The number of aromatic nitrogens is 2. The van der Waals surface area contributed by atoms with E-state index in [1.165, 1.54) is 7.11 Å². The van der Waals surface area contributed by atoms with E-state index in [2.05, 4.69) is 10.1 Å². The molecule has 0 atom stereocenters. The van der Waals surface area contributed by atoms with Crippen LogP contribution < -0.4 is 0 Å². The minimum absolute atomic E-state index is 0.339. The summed E-state index contributed by atoms with van der Waals surface area (Å²) in [6, 6.07) is 9.53. The van der Waals surface area contributed by atoms with Gasteiger partial charge in [-0.2, -0.15) is 0 Å². The lowest BCUT2D eigenvalue weighted by Crippen LogP contribution is -2.03. The van der Waals surface area contributed by atoms with Crippen molar-refractivity contribution < 1.29 is 14.1 Å². The van der Waals surface area contributed by atoms with Gasteiger partial charge in [0, 0.05) is 17.1 Å². The molecule has 0 bridgehead atoms. The van der Waals surface area contributed by atoms with Crippen LogP contribution in [0.3, 0.4) is 0 Å². The van der Waals surface area contributed by atoms with Gasteiger partial charge in [0.05, 0.1) is 12.6 Å². The van der Waals surface area contributed by atoms with Crippen molar-refractivity contribution in [1.29, 1.82) is 0 Å². The van der Waals surface area contributed by atoms with Crippen molar-refractivity contribution in [3.63, 3.8) is 0 Å². The van der Waals surface area contributed by atoms with E-state index in [-0.39, 0.29) is 0 Å². The van der Waals surface area contributed by atoms with Crippen molar-refractivity contribution in [2.45, 2.75) is 6.92 Å². The number of carbonyl (C=O) groups is 1. The summed E-state index contributed by atoms with van der Waals surface area (Å²) in [4.78, 5) is 16.2. The standard InChI is InChI=1S/C15H12N2O3/c1-9-12(15(18)19-2)14(17-20-9)11-7-3-5-10-6-4-8-16-13(10)11/h3-8H,1-2H3. The first-order valence-corrected chi connectivity index (χ1v) is 6.11. The van der Waals surface area contributed by atoms with E-state index in [4.69, 9.17) is 9.26 Å². The second kappa shape index (κ2) is 4.77. The third-order valence-electron chi connectivity index (χ3n) is 3.14. The van der Waals surface area contributed by atoms with Crippen LogP contribution in [0.4, 0.5) is 0 Å². The smallest absolute Gasteiger partial charge is 0.343 e. The summed E-state index contributed by atoms with van der Waals surface area (Å²) in [5, 5.41) is 4.96.